The van der Waals surface area contributed by atoms with Crippen molar-refractivity contribution < 1.29 is 4.79 Å². The van der Waals surface area contributed by atoms with Gasteiger partial charge >= 0.3 is 0 Å². The van der Waals surface area contributed by atoms with Crippen LogP contribution >= 0.6 is 46.4 Å². The molecule has 0 saturated carbocycles. The van der Waals surface area contributed by atoms with Gasteiger partial charge in [0.15, 0.2) is 0 Å². The molecule has 1 fully saturated rings. The lowest BCUT2D eigenvalue weighted by atomic mass is 10.1. The van der Waals surface area contributed by atoms with Gasteiger partial charge in [0.25, 0.3) is 0 Å². The van der Waals surface area contributed by atoms with Gasteiger partial charge < -0.3 is 9.80 Å². The van der Waals surface area contributed by atoms with Crippen molar-refractivity contribution in [3.8, 4) is 0 Å². The fraction of sp³-hybridized carbons (Fsp3) is 0.409. The summed E-state index contributed by atoms with van der Waals surface area (Å²) < 4.78 is 0. The average molecular weight is 474 g/mol. The van der Waals surface area contributed by atoms with E-state index in [-0.39, 0.29) is 5.91 Å². The maximum Gasteiger partial charge on any atom is 0.227 e. The summed E-state index contributed by atoms with van der Waals surface area (Å²) in [6, 6.07) is 11.0. The van der Waals surface area contributed by atoms with Crippen LogP contribution in [-0.2, 0) is 17.6 Å². The topological polar surface area (TPSA) is 23.6 Å². The van der Waals surface area contributed by atoms with Gasteiger partial charge in [-0.25, -0.2) is 0 Å². The zero-order valence-electron chi connectivity index (χ0n) is 16.1. The third-order valence-electron chi connectivity index (χ3n) is 5.23. The lowest BCUT2D eigenvalue weighted by molar-refractivity contribution is -0.130. The number of carbonyl (C=O) groups is 1. The minimum atomic E-state index is 0.0858. The fourth-order valence-corrected chi connectivity index (χ4v) is 4.17. The summed E-state index contributed by atoms with van der Waals surface area (Å²) in [5, 5.41) is 2.04. The van der Waals surface area contributed by atoms with Crippen LogP contribution in [0.1, 0.15) is 24.0 Å². The van der Waals surface area contributed by atoms with Crippen LogP contribution in [0.3, 0.4) is 0 Å². The number of hydrogen-bond donors (Lipinski definition) is 0. The fourth-order valence-electron chi connectivity index (χ4n) is 3.52. The number of benzene rings is 2. The summed E-state index contributed by atoms with van der Waals surface area (Å²) in [4.78, 5) is 17.4. The number of carbonyl (C=O) groups excluding carboxylic acids is 1. The molecule has 0 spiro atoms. The third kappa shape index (κ3) is 6.77. The first-order chi connectivity index (χ1) is 13.9. The van der Waals surface area contributed by atoms with E-state index in [0.717, 1.165) is 37.2 Å². The Morgan fingerprint density at radius 2 is 1.41 bits per heavy atom. The van der Waals surface area contributed by atoms with E-state index in [1.165, 1.54) is 12.8 Å². The van der Waals surface area contributed by atoms with E-state index in [1.54, 1.807) is 18.2 Å². The molecule has 0 bridgehead atoms. The first-order valence-electron chi connectivity index (χ1n) is 9.80. The number of nitrogens with zero attached hydrogens (tertiary/aromatic N) is 2. The molecule has 1 aliphatic rings. The zero-order valence-corrected chi connectivity index (χ0v) is 19.2. The molecule has 29 heavy (non-hydrogen) atoms. The van der Waals surface area contributed by atoms with E-state index in [9.17, 15) is 4.79 Å². The number of amides is 1. The maximum atomic E-state index is 13.0. The molecule has 2 aromatic rings. The van der Waals surface area contributed by atoms with Gasteiger partial charge in [0.1, 0.15) is 0 Å². The molecule has 0 N–H and O–H groups in total. The molecule has 1 amide bonds. The predicted molar refractivity (Wildman–Crippen MR) is 123 cm³/mol. The van der Waals surface area contributed by atoms with Crippen LogP contribution in [0.2, 0.25) is 20.1 Å². The van der Waals surface area contributed by atoms with Crippen molar-refractivity contribution in [2.24, 2.45) is 0 Å². The predicted octanol–water partition coefficient (Wildman–Crippen LogP) is 6.01. The maximum absolute atomic E-state index is 13.0. The SMILES string of the molecule is O=C(Cc1ccc(Cl)c(Cl)c1)N(CCc1ccc(Cl)c(Cl)c1)CCN1CCCC1. The molecule has 0 aliphatic carbocycles. The highest BCUT2D eigenvalue weighted by Gasteiger charge is 2.18. The van der Waals surface area contributed by atoms with Crippen molar-refractivity contribution in [3.05, 3.63) is 67.6 Å². The summed E-state index contributed by atoms with van der Waals surface area (Å²) in [5.74, 6) is 0.0858. The van der Waals surface area contributed by atoms with Crippen LogP contribution in [0.4, 0.5) is 0 Å². The minimum absolute atomic E-state index is 0.0858. The van der Waals surface area contributed by atoms with Gasteiger partial charge in [-0.3, -0.25) is 4.79 Å². The monoisotopic (exact) mass is 472 g/mol. The Hall–Kier alpha value is -0.970. The lowest BCUT2D eigenvalue weighted by Crippen LogP contribution is -2.40. The molecule has 1 saturated heterocycles. The van der Waals surface area contributed by atoms with E-state index in [1.807, 2.05) is 23.1 Å². The van der Waals surface area contributed by atoms with Gasteiger partial charge in [0, 0.05) is 19.6 Å². The largest absolute Gasteiger partial charge is 0.341 e. The third-order valence-corrected chi connectivity index (χ3v) is 6.71. The van der Waals surface area contributed by atoms with Crippen LogP contribution in [-0.4, -0.2) is 48.4 Å². The molecule has 0 unspecified atom stereocenters. The highest BCUT2D eigenvalue weighted by molar-refractivity contribution is 6.42. The van der Waals surface area contributed by atoms with Gasteiger partial charge in [-0.2, -0.15) is 0 Å². The number of rotatable bonds is 8. The number of halogens is 4. The molecule has 3 rings (SSSR count). The molecule has 2 aromatic carbocycles. The Labute approximate surface area is 192 Å². The molecular formula is C22H24Cl4N2O. The number of likely N-dealkylation sites (tertiary alicyclic amines) is 1. The van der Waals surface area contributed by atoms with Gasteiger partial charge in [0.2, 0.25) is 5.91 Å². The Kier molecular flexibility index (Phi) is 8.52. The average Bonchev–Trinajstić information content (AvgIpc) is 3.21. The molecule has 156 valence electrons. The quantitative estimate of drug-likeness (QED) is 0.468. The summed E-state index contributed by atoms with van der Waals surface area (Å²) in [5.41, 5.74) is 1.93. The Morgan fingerprint density at radius 1 is 0.828 bits per heavy atom. The summed E-state index contributed by atoms with van der Waals surface area (Å²) in [6.07, 6.45) is 3.50. The van der Waals surface area contributed by atoms with Crippen molar-refractivity contribution in [1.82, 2.24) is 9.80 Å². The second kappa shape index (κ2) is 10.9. The Balaban J connectivity index is 1.65. The van der Waals surface area contributed by atoms with E-state index >= 15 is 0 Å². The summed E-state index contributed by atoms with van der Waals surface area (Å²) in [6.45, 7) is 4.46. The van der Waals surface area contributed by atoms with Crippen LogP contribution in [0.25, 0.3) is 0 Å². The Bertz CT molecular complexity index is 853. The second-order valence-electron chi connectivity index (χ2n) is 7.35. The van der Waals surface area contributed by atoms with Crippen molar-refractivity contribution in [3.63, 3.8) is 0 Å². The zero-order chi connectivity index (χ0) is 20.8. The van der Waals surface area contributed by atoms with Gasteiger partial charge in [-0.15, -0.1) is 0 Å². The Morgan fingerprint density at radius 3 is 2.03 bits per heavy atom. The van der Waals surface area contributed by atoms with Crippen molar-refractivity contribution in [2.75, 3.05) is 32.7 Å². The molecule has 0 radical (unpaired) electrons. The van der Waals surface area contributed by atoms with Crippen LogP contribution in [0.15, 0.2) is 36.4 Å². The minimum Gasteiger partial charge on any atom is -0.341 e. The van der Waals surface area contributed by atoms with Crippen molar-refractivity contribution >= 4 is 52.3 Å². The molecule has 3 nitrogen and oxygen atoms in total. The normalized spacial score (nSPS) is 14.3. The molecule has 1 aliphatic heterocycles. The summed E-state index contributed by atoms with van der Waals surface area (Å²) in [7, 11) is 0. The first kappa shape index (κ1) is 22.7. The molecule has 1 heterocycles. The highest BCUT2D eigenvalue weighted by Crippen LogP contribution is 2.24. The van der Waals surface area contributed by atoms with Crippen LogP contribution in [0.5, 0.6) is 0 Å². The van der Waals surface area contributed by atoms with Gasteiger partial charge in [0.05, 0.1) is 26.5 Å². The highest BCUT2D eigenvalue weighted by atomic mass is 35.5. The number of hydrogen-bond acceptors (Lipinski definition) is 2. The van der Waals surface area contributed by atoms with Gasteiger partial charge in [-0.1, -0.05) is 58.5 Å². The summed E-state index contributed by atoms with van der Waals surface area (Å²) >= 11 is 24.2. The van der Waals surface area contributed by atoms with Crippen molar-refractivity contribution in [2.45, 2.75) is 25.7 Å². The van der Waals surface area contributed by atoms with E-state index in [0.29, 0.717) is 39.6 Å². The van der Waals surface area contributed by atoms with E-state index < -0.39 is 0 Å². The smallest absolute Gasteiger partial charge is 0.227 e. The van der Waals surface area contributed by atoms with Crippen LogP contribution < -0.4 is 0 Å². The standard InChI is InChI=1S/C22H24Cl4N2O/c23-18-5-3-16(13-20(18)25)7-10-28(12-11-27-8-1-2-9-27)22(29)15-17-4-6-19(24)21(26)14-17/h3-6,13-14H,1-2,7-12,15H2. The lowest BCUT2D eigenvalue weighted by Gasteiger charge is -2.26. The van der Waals surface area contributed by atoms with E-state index in [4.69, 9.17) is 46.4 Å². The van der Waals surface area contributed by atoms with Gasteiger partial charge in [-0.05, 0) is 67.7 Å². The first-order valence-corrected chi connectivity index (χ1v) is 11.3. The second-order valence-corrected chi connectivity index (χ2v) is 8.98. The molecule has 0 atom stereocenters. The molecule has 7 heteroatoms. The van der Waals surface area contributed by atoms with Crippen LogP contribution in [0, 0.1) is 0 Å². The molecule has 0 aromatic heterocycles. The van der Waals surface area contributed by atoms with Crippen molar-refractivity contribution in [1.29, 1.82) is 0 Å². The van der Waals surface area contributed by atoms with E-state index in [2.05, 4.69) is 4.90 Å². The molecular weight excluding hydrogens is 450 g/mol.